The molecule has 1 fully saturated rings. The van der Waals surface area contributed by atoms with Crippen LogP contribution < -0.4 is 5.90 Å². The Morgan fingerprint density at radius 3 is 2.12 bits per heavy atom. The monoisotopic (exact) mass is 248 g/mol. The highest BCUT2D eigenvalue weighted by molar-refractivity contribution is 8.26. The molecule has 1 aliphatic heterocycles. The topological polar surface area (TPSA) is 118 Å². The summed E-state index contributed by atoms with van der Waals surface area (Å²) in [7, 11) is 0. The molecule has 0 spiro atoms. The van der Waals surface area contributed by atoms with Crippen molar-refractivity contribution in [3.05, 3.63) is 0 Å². The van der Waals surface area contributed by atoms with Crippen molar-refractivity contribution in [2.75, 3.05) is 6.54 Å². The van der Waals surface area contributed by atoms with Gasteiger partial charge in [0.2, 0.25) is 16.9 Å². The smallest absolute Gasteiger partial charge is 0.230 e. The summed E-state index contributed by atoms with van der Waals surface area (Å²) in [6, 6.07) is 0. The van der Waals surface area contributed by atoms with E-state index in [0.717, 1.165) is 4.90 Å². The Morgan fingerprint density at radius 1 is 1.31 bits per heavy atom. The van der Waals surface area contributed by atoms with Gasteiger partial charge in [0.25, 0.3) is 0 Å². The Bertz CT molecular complexity index is 302. The summed E-state index contributed by atoms with van der Waals surface area (Å²) in [5.41, 5.74) is 0. The third-order valence-corrected chi connectivity index (χ3v) is 2.34. The number of nitrogens with two attached hydrogens (primary N) is 1. The first-order valence-corrected chi connectivity index (χ1v) is 5.12. The normalized spacial score (nSPS) is 14.6. The number of hydrogen-bond donors (Lipinski definition) is 2. The van der Waals surface area contributed by atoms with E-state index in [-0.39, 0.29) is 36.3 Å². The fourth-order valence-electron chi connectivity index (χ4n) is 1.12. The molecule has 0 aliphatic carbocycles. The fourth-order valence-corrected chi connectivity index (χ4v) is 1.64. The van der Waals surface area contributed by atoms with E-state index in [0.29, 0.717) is 11.8 Å². The van der Waals surface area contributed by atoms with Crippen LogP contribution in [0.1, 0.15) is 19.8 Å². The Kier molecular flexibility index (Phi) is 6.54. The van der Waals surface area contributed by atoms with Gasteiger partial charge in [0, 0.05) is 19.8 Å². The van der Waals surface area contributed by atoms with Crippen LogP contribution in [-0.4, -0.2) is 38.7 Å². The van der Waals surface area contributed by atoms with Gasteiger partial charge in [0.1, 0.15) is 0 Å². The van der Waals surface area contributed by atoms with Crippen LogP contribution in [0.15, 0.2) is 0 Å². The second-order valence-electron chi connectivity index (χ2n) is 2.84. The summed E-state index contributed by atoms with van der Waals surface area (Å²) < 4.78 is 0. The van der Waals surface area contributed by atoms with Gasteiger partial charge in [-0.05, 0) is 11.8 Å². The highest BCUT2D eigenvalue weighted by Crippen LogP contribution is 2.13. The van der Waals surface area contributed by atoms with Crippen LogP contribution in [0.4, 0.5) is 0 Å². The maximum atomic E-state index is 11.1. The quantitative estimate of drug-likeness (QED) is 0.488. The number of thioether (sulfide) groups is 1. The summed E-state index contributed by atoms with van der Waals surface area (Å²) >= 11 is 0.521. The van der Waals surface area contributed by atoms with Gasteiger partial charge in [-0.25, -0.2) is 5.90 Å². The predicted molar refractivity (Wildman–Crippen MR) is 55.2 cm³/mol. The Labute approximate surface area is 95.9 Å². The minimum atomic E-state index is -0.471. The van der Waals surface area contributed by atoms with Crippen molar-refractivity contribution in [1.29, 1.82) is 0 Å². The van der Waals surface area contributed by atoms with Crippen molar-refractivity contribution in [2.24, 2.45) is 5.90 Å². The molecule has 0 unspecified atom stereocenters. The van der Waals surface area contributed by atoms with Crippen LogP contribution >= 0.6 is 11.8 Å². The van der Waals surface area contributed by atoms with Crippen molar-refractivity contribution < 1.29 is 24.4 Å². The molecule has 1 aliphatic rings. The molecule has 16 heavy (non-hydrogen) atoms. The molecule has 0 aromatic rings. The molecular weight excluding hydrogens is 236 g/mol. The third kappa shape index (κ3) is 4.51. The van der Waals surface area contributed by atoms with Crippen molar-refractivity contribution in [1.82, 2.24) is 4.90 Å². The zero-order valence-electron chi connectivity index (χ0n) is 8.63. The Hall–Kier alpha value is -1.25. The van der Waals surface area contributed by atoms with Crippen molar-refractivity contribution in [3.63, 3.8) is 0 Å². The van der Waals surface area contributed by atoms with E-state index in [1.165, 1.54) is 6.92 Å². The highest BCUT2D eigenvalue weighted by Gasteiger charge is 2.30. The van der Waals surface area contributed by atoms with Crippen LogP contribution in [0.5, 0.6) is 0 Å². The van der Waals surface area contributed by atoms with Crippen LogP contribution in [0.3, 0.4) is 0 Å². The van der Waals surface area contributed by atoms with Crippen molar-refractivity contribution >= 4 is 33.8 Å². The molecule has 90 valence electrons. The number of nitrogens with zero attached hydrogens (tertiary/aromatic N) is 1. The first-order chi connectivity index (χ1) is 7.50. The average Bonchev–Trinajstić information content (AvgIpc) is 2.51. The van der Waals surface area contributed by atoms with Gasteiger partial charge in [-0.1, -0.05) is 0 Å². The standard InChI is InChI=1S/C8H9NO4S.H3NO/c1-5(10)14-8(13)4-9-6(11)2-3-7(9)12;1-2/h2-4H2,1H3;2H,1H2. The summed E-state index contributed by atoms with van der Waals surface area (Å²) in [6.45, 7) is 0.970. The van der Waals surface area contributed by atoms with Gasteiger partial charge in [0.05, 0.1) is 6.54 Å². The van der Waals surface area contributed by atoms with E-state index in [1.807, 2.05) is 0 Å². The van der Waals surface area contributed by atoms with Crippen LogP contribution in [0.25, 0.3) is 0 Å². The van der Waals surface area contributed by atoms with E-state index < -0.39 is 5.12 Å². The molecule has 0 aromatic heterocycles. The molecule has 1 rings (SSSR count). The molecule has 7 nitrogen and oxygen atoms in total. The van der Waals surface area contributed by atoms with E-state index in [9.17, 15) is 19.2 Å². The summed E-state index contributed by atoms with van der Waals surface area (Å²) in [5, 5.41) is 5.69. The van der Waals surface area contributed by atoms with Crippen LogP contribution in [0, 0.1) is 0 Å². The SMILES string of the molecule is CC(=O)SC(=O)CN1C(=O)CCC1=O.NO. The molecular formula is C8H12N2O5S. The molecule has 8 heteroatoms. The minimum absolute atomic E-state index is 0.164. The lowest BCUT2D eigenvalue weighted by molar-refractivity contribution is -0.140. The first-order valence-electron chi connectivity index (χ1n) is 4.31. The van der Waals surface area contributed by atoms with Gasteiger partial charge >= 0.3 is 0 Å². The maximum Gasteiger partial charge on any atom is 0.230 e. The summed E-state index contributed by atoms with van der Waals surface area (Å²) in [4.78, 5) is 44.7. The lowest BCUT2D eigenvalue weighted by Crippen LogP contribution is -2.33. The summed E-state index contributed by atoms with van der Waals surface area (Å²) in [5.74, 6) is 2.82. The van der Waals surface area contributed by atoms with Gasteiger partial charge < -0.3 is 5.21 Å². The highest BCUT2D eigenvalue weighted by atomic mass is 32.2. The van der Waals surface area contributed by atoms with E-state index in [1.54, 1.807) is 0 Å². The van der Waals surface area contributed by atoms with Gasteiger partial charge in [-0.2, -0.15) is 0 Å². The van der Waals surface area contributed by atoms with Gasteiger partial charge in [-0.3, -0.25) is 24.1 Å². The maximum absolute atomic E-state index is 11.1. The molecule has 0 radical (unpaired) electrons. The molecule has 0 saturated carbocycles. The lowest BCUT2D eigenvalue weighted by atomic mass is 10.4. The van der Waals surface area contributed by atoms with Crippen LogP contribution in [0.2, 0.25) is 0 Å². The molecule has 3 N–H and O–H groups in total. The number of rotatable bonds is 2. The second kappa shape index (κ2) is 7.09. The lowest BCUT2D eigenvalue weighted by Gasteiger charge is -2.10. The number of carbonyl (C=O) groups excluding carboxylic acids is 4. The molecule has 2 amide bonds. The van der Waals surface area contributed by atoms with Crippen LogP contribution in [-0.2, 0) is 19.2 Å². The molecule has 1 heterocycles. The second-order valence-corrected chi connectivity index (χ2v) is 4.07. The number of amides is 2. The molecule has 1 saturated heterocycles. The van der Waals surface area contributed by atoms with Gasteiger partial charge in [0.15, 0.2) is 5.12 Å². The number of likely N-dealkylation sites (tertiary alicyclic amines) is 1. The van der Waals surface area contributed by atoms with Crippen molar-refractivity contribution in [2.45, 2.75) is 19.8 Å². The molecule has 0 atom stereocenters. The largest absolute Gasteiger partial charge is 0.320 e. The fraction of sp³-hybridized carbons (Fsp3) is 0.500. The first kappa shape index (κ1) is 14.8. The van der Waals surface area contributed by atoms with Crippen molar-refractivity contribution in [3.8, 4) is 0 Å². The number of imide groups is 1. The summed E-state index contributed by atoms with van der Waals surface area (Å²) in [6.07, 6.45) is 0.327. The Balaban J connectivity index is 0.00000106. The minimum Gasteiger partial charge on any atom is -0.320 e. The third-order valence-electron chi connectivity index (χ3n) is 1.70. The number of hydrogen-bond acceptors (Lipinski definition) is 7. The van der Waals surface area contributed by atoms with E-state index >= 15 is 0 Å². The van der Waals surface area contributed by atoms with E-state index in [4.69, 9.17) is 5.21 Å². The predicted octanol–water partition coefficient (Wildman–Crippen LogP) is -0.724. The number of carbonyl (C=O) groups is 4. The molecule has 0 aromatic carbocycles. The van der Waals surface area contributed by atoms with Gasteiger partial charge in [-0.15, -0.1) is 0 Å². The zero-order chi connectivity index (χ0) is 12.7. The molecule has 0 bridgehead atoms. The van der Waals surface area contributed by atoms with E-state index in [2.05, 4.69) is 5.90 Å². The average molecular weight is 248 g/mol. The zero-order valence-corrected chi connectivity index (χ0v) is 9.45. The Morgan fingerprint density at radius 2 is 1.75 bits per heavy atom.